The Morgan fingerprint density at radius 2 is 1.34 bits per heavy atom. The molecule has 6 rings (SSSR count). The molecule has 0 saturated carbocycles. The summed E-state index contributed by atoms with van der Waals surface area (Å²) in [4.78, 5) is 0. The van der Waals surface area contributed by atoms with Crippen molar-refractivity contribution in [3.63, 3.8) is 0 Å². The second-order valence-corrected chi connectivity index (χ2v) is 10.8. The van der Waals surface area contributed by atoms with E-state index in [1.54, 1.807) is 6.07 Å². The number of aromatic nitrogens is 1. The number of hydrogen-bond acceptors (Lipinski definition) is 1. The second kappa shape index (κ2) is 8.95. The summed E-state index contributed by atoms with van der Waals surface area (Å²) < 4.78 is 24.2. The standard InChI is InChI=1S/C35H31FNO/c1-22-19-20-37(5)30(21-22)31-23(2)11-16-27-28-17-18-29(36)32(34(28)38-33(27)31)24-12-14-26(15-13-24)35(3,4)25-9-7-6-8-10-25/h6-21H,1-5H3/q+1. The lowest BCUT2D eigenvalue weighted by atomic mass is 9.78. The zero-order valence-electron chi connectivity index (χ0n) is 22.5. The maximum absolute atomic E-state index is 15.5. The number of fused-ring (bicyclic) bond motifs is 3. The molecule has 6 aromatic rings. The van der Waals surface area contributed by atoms with Gasteiger partial charge in [0.05, 0.1) is 11.1 Å². The van der Waals surface area contributed by atoms with Gasteiger partial charge in [0.25, 0.3) is 0 Å². The van der Waals surface area contributed by atoms with Crippen LogP contribution in [0.15, 0.2) is 102 Å². The second-order valence-electron chi connectivity index (χ2n) is 10.8. The highest BCUT2D eigenvalue weighted by molar-refractivity contribution is 6.13. The van der Waals surface area contributed by atoms with Gasteiger partial charge in [-0.2, -0.15) is 0 Å². The Morgan fingerprint density at radius 3 is 2.05 bits per heavy atom. The van der Waals surface area contributed by atoms with Crippen molar-refractivity contribution in [3.05, 3.63) is 125 Å². The molecule has 0 atom stereocenters. The van der Waals surface area contributed by atoms with E-state index >= 15 is 4.39 Å². The molecule has 0 radical (unpaired) electrons. The molecule has 0 unspecified atom stereocenters. The van der Waals surface area contributed by atoms with Crippen LogP contribution >= 0.6 is 0 Å². The zero-order chi connectivity index (χ0) is 26.6. The molecule has 0 amide bonds. The van der Waals surface area contributed by atoms with Crippen LogP contribution in [0.1, 0.15) is 36.1 Å². The number of furan rings is 1. The van der Waals surface area contributed by atoms with Gasteiger partial charge in [0, 0.05) is 28.3 Å². The van der Waals surface area contributed by atoms with Crippen LogP contribution in [0.5, 0.6) is 0 Å². The van der Waals surface area contributed by atoms with Crippen LogP contribution in [0, 0.1) is 19.7 Å². The van der Waals surface area contributed by atoms with E-state index in [4.69, 9.17) is 4.42 Å². The number of nitrogens with zero attached hydrogens (tertiary/aromatic N) is 1. The molecule has 0 spiro atoms. The van der Waals surface area contributed by atoms with E-state index in [-0.39, 0.29) is 11.2 Å². The molecule has 0 N–H and O–H groups in total. The third-order valence-electron chi connectivity index (χ3n) is 7.92. The van der Waals surface area contributed by atoms with Crippen molar-refractivity contribution in [2.75, 3.05) is 0 Å². The summed E-state index contributed by atoms with van der Waals surface area (Å²) in [5.41, 5.74) is 9.33. The van der Waals surface area contributed by atoms with Crippen molar-refractivity contribution in [3.8, 4) is 22.4 Å². The summed E-state index contributed by atoms with van der Waals surface area (Å²) in [7, 11) is 2.04. The molecule has 0 aliphatic heterocycles. The van der Waals surface area contributed by atoms with Crippen molar-refractivity contribution >= 4 is 21.9 Å². The lowest BCUT2D eigenvalue weighted by Gasteiger charge is -2.26. The van der Waals surface area contributed by atoms with Gasteiger partial charge in [-0.15, -0.1) is 0 Å². The Hall–Kier alpha value is -4.24. The van der Waals surface area contributed by atoms with Crippen LogP contribution in [0.25, 0.3) is 44.3 Å². The summed E-state index contributed by atoms with van der Waals surface area (Å²) in [5.74, 6) is -0.286. The third-order valence-corrected chi connectivity index (χ3v) is 7.92. The summed E-state index contributed by atoms with van der Waals surface area (Å²) in [5, 5.41) is 1.91. The number of hydrogen-bond donors (Lipinski definition) is 0. The average Bonchev–Trinajstić information content (AvgIpc) is 3.29. The topological polar surface area (TPSA) is 17.0 Å². The molecular weight excluding hydrogens is 469 g/mol. The highest BCUT2D eigenvalue weighted by Gasteiger charge is 2.25. The Morgan fingerprint density at radius 1 is 0.711 bits per heavy atom. The van der Waals surface area contributed by atoms with Crippen LogP contribution in [-0.2, 0) is 12.5 Å². The molecule has 0 saturated heterocycles. The highest BCUT2D eigenvalue weighted by atomic mass is 19.1. The Labute approximate surface area is 223 Å². The van der Waals surface area contributed by atoms with Crippen LogP contribution in [0.4, 0.5) is 4.39 Å². The maximum Gasteiger partial charge on any atom is 0.216 e. The Bertz CT molecular complexity index is 1810. The zero-order valence-corrected chi connectivity index (χ0v) is 22.5. The van der Waals surface area contributed by atoms with Crippen LogP contribution in [0.2, 0.25) is 0 Å². The van der Waals surface area contributed by atoms with Gasteiger partial charge in [-0.3, -0.25) is 0 Å². The molecule has 0 fully saturated rings. The van der Waals surface area contributed by atoms with Gasteiger partial charge < -0.3 is 4.42 Å². The minimum Gasteiger partial charge on any atom is -0.454 e. The molecule has 2 heterocycles. The SMILES string of the molecule is Cc1cc[n+](C)c(-c2c(C)ccc3c2oc2c(-c4ccc(C(C)(C)c5ccccc5)cc4)c(F)ccc23)c1. The largest absolute Gasteiger partial charge is 0.454 e. The van der Waals surface area contributed by atoms with Crippen molar-refractivity contribution in [2.45, 2.75) is 33.1 Å². The lowest BCUT2D eigenvalue weighted by Crippen LogP contribution is -2.30. The molecule has 0 aliphatic carbocycles. The molecule has 0 aliphatic rings. The van der Waals surface area contributed by atoms with E-state index in [9.17, 15) is 0 Å². The van der Waals surface area contributed by atoms with Crippen LogP contribution in [-0.4, -0.2) is 0 Å². The molecule has 38 heavy (non-hydrogen) atoms. The number of benzene rings is 4. The van der Waals surface area contributed by atoms with Crippen molar-refractivity contribution in [2.24, 2.45) is 7.05 Å². The van der Waals surface area contributed by atoms with Crippen molar-refractivity contribution < 1.29 is 13.4 Å². The lowest BCUT2D eigenvalue weighted by molar-refractivity contribution is -0.660. The van der Waals surface area contributed by atoms with E-state index in [0.29, 0.717) is 11.1 Å². The Balaban J connectivity index is 1.54. The summed E-state index contributed by atoms with van der Waals surface area (Å²) in [6, 6.07) is 30.6. The van der Waals surface area contributed by atoms with E-state index in [0.717, 1.165) is 38.7 Å². The third kappa shape index (κ3) is 3.81. The van der Waals surface area contributed by atoms with E-state index < -0.39 is 0 Å². The van der Waals surface area contributed by atoms with Gasteiger partial charge in [-0.05, 0) is 53.8 Å². The van der Waals surface area contributed by atoms with Crippen LogP contribution in [0.3, 0.4) is 0 Å². The van der Waals surface area contributed by atoms with E-state index in [2.05, 4.69) is 99.1 Å². The van der Waals surface area contributed by atoms with Crippen molar-refractivity contribution in [1.29, 1.82) is 0 Å². The first kappa shape index (κ1) is 24.1. The minimum absolute atomic E-state index is 0.167. The fourth-order valence-electron chi connectivity index (χ4n) is 5.56. The van der Waals surface area contributed by atoms with Gasteiger partial charge in [0.1, 0.15) is 24.0 Å². The number of pyridine rings is 1. The summed E-state index contributed by atoms with van der Waals surface area (Å²) in [6.45, 7) is 8.62. The van der Waals surface area contributed by atoms with E-state index in [1.807, 2.05) is 31.3 Å². The number of aryl methyl sites for hydroxylation is 3. The van der Waals surface area contributed by atoms with Gasteiger partial charge in [-0.25, -0.2) is 8.96 Å². The first-order valence-electron chi connectivity index (χ1n) is 13.0. The van der Waals surface area contributed by atoms with Gasteiger partial charge >= 0.3 is 0 Å². The molecule has 3 heteroatoms. The summed E-state index contributed by atoms with van der Waals surface area (Å²) >= 11 is 0. The predicted octanol–water partition coefficient (Wildman–Crippen LogP) is 8.83. The molecule has 188 valence electrons. The molecular formula is C35H31FNO+. The fourth-order valence-corrected chi connectivity index (χ4v) is 5.56. The monoisotopic (exact) mass is 500 g/mol. The molecule has 0 bridgehead atoms. The van der Waals surface area contributed by atoms with E-state index in [1.165, 1.54) is 16.7 Å². The predicted molar refractivity (Wildman–Crippen MR) is 154 cm³/mol. The fraction of sp³-hybridized carbons (Fsp3) is 0.171. The quantitative estimate of drug-likeness (QED) is 0.221. The average molecular weight is 501 g/mol. The molecule has 4 aromatic carbocycles. The minimum atomic E-state index is -0.286. The Kier molecular flexibility index (Phi) is 5.68. The maximum atomic E-state index is 15.5. The smallest absolute Gasteiger partial charge is 0.216 e. The first-order valence-corrected chi connectivity index (χ1v) is 13.0. The highest BCUT2D eigenvalue weighted by Crippen LogP contribution is 2.42. The van der Waals surface area contributed by atoms with Gasteiger partial charge in [0.2, 0.25) is 5.69 Å². The number of rotatable bonds is 4. The van der Waals surface area contributed by atoms with Crippen LogP contribution < -0.4 is 4.57 Å². The van der Waals surface area contributed by atoms with Crippen molar-refractivity contribution in [1.82, 2.24) is 0 Å². The van der Waals surface area contributed by atoms with Gasteiger partial charge in [0.15, 0.2) is 6.20 Å². The number of halogens is 1. The normalized spacial score (nSPS) is 11.9. The molecule has 2 aromatic heterocycles. The summed E-state index contributed by atoms with van der Waals surface area (Å²) in [6.07, 6.45) is 2.06. The molecule has 2 nitrogen and oxygen atoms in total. The van der Waals surface area contributed by atoms with Gasteiger partial charge in [-0.1, -0.05) is 80.6 Å². The first-order chi connectivity index (χ1) is 18.3.